The van der Waals surface area contributed by atoms with Gasteiger partial charge in [-0.3, -0.25) is 19.2 Å². The molecule has 4 aromatic rings. The summed E-state index contributed by atoms with van der Waals surface area (Å²) in [7, 11) is 0. The van der Waals surface area contributed by atoms with E-state index in [1.165, 1.54) is 5.56 Å². The molecular formula is C40H48FN7O3. The van der Waals surface area contributed by atoms with E-state index in [4.69, 9.17) is 4.74 Å². The molecule has 10 nitrogen and oxygen atoms in total. The van der Waals surface area contributed by atoms with E-state index < -0.39 is 11.7 Å². The number of carbonyl (C=O) groups excluding carboxylic acids is 2. The van der Waals surface area contributed by atoms with Gasteiger partial charge in [-0.25, -0.2) is 9.37 Å². The molecule has 2 atom stereocenters. The summed E-state index contributed by atoms with van der Waals surface area (Å²) < 4.78 is 22.4. The van der Waals surface area contributed by atoms with Crippen molar-refractivity contribution in [3.05, 3.63) is 95.2 Å². The lowest BCUT2D eigenvalue weighted by Gasteiger charge is -2.36. The van der Waals surface area contributed by atoms with Gasteiger partial charge in [0.05, 0.1) is 6.20 Å². The van der Waals surface area contributed by atoms with Crippen LogP contribution in [-0.4, -0.2) is 75.3 Å². The van der Waals surface area contributed by atoms with Crippen LogP contribution < -0.4 is 20.7 Å². The third kappa shape index (κ3) is 8.83. The lowest BCUT2D eigenvalue weighted by atomic mass is 9.91. The molecule has 2 aliphatic heterocycles. The Morgan fingerprint density at radius 2 is 1.63 bits per heavy atom. The van der Waals surface area contributed by atoms with Gasteiger partial charge in [0.2, 0.25) is 5.88 Å². The van der Waals surface area contributed by atoms with Gasteiger partial charge in [-0.05, 0) is 106 Å². The van der Waals surface area contributed by atoms with E-state index >= 15 is 0 Å². The number of carbonyl (C=O) groups is 2. The molecule has 0 bridgehead atoms. The number of nitrogens with one attached hydrogen (secondary N) is 3. The van der Waals surface area contributed by atoms with Crippen LogP contribution in [0.1, 0.15) is 84.5 Å². The molecule has 3 aliphatic rings. The van der Waals surface area contributed by atoms with E-state index in [2.05, 4.69) is 69.0 Å². The maximum Gasteiger partial charge on any atom is 0.272 e. The van der Waals surface area contributed by atoms with Crippen molar-refractivity contribution in [3.63, 3.8) is 0 Å². The van der Waals surface area contributed by atoms with Crippen LogP contribution in [0.15, 0.2) is 66.9 Å². The molecule has 1 saturated heterocycles. The molecule has 2 aromatic carbocycles. The fraction of sp³-hybridized carbons (Fsp3) is 0.450. The number of pyridine rings is 1. The zero-order chi connectivity index (χ0) is 35.3. The second-order valence-corrected chi connectivity index (χ2v) is 14.5. The van der Waals surface area contributed by atoms with Gasteiger partial charge in [0.15, 0.2) is 0 Å². The summed E-state index contributed by atoms with van der Waals surface area (Å²) in [4.78, 5) is 33.0. The molecule has 2 fully saturated rings. The highest BCUT2D eigenvalue weighted by atomic mass is 19.1. The van der Waals surface area contributed by atoms with Crippen LogP contribution in [0.25, 0.3) is 11.1 Å². The van der Waals surface area contributed by atoms with E-state index in [0.29, 0.717) is 36.4 Å². The van der Waals surface area contributed by atoms with Crippen molar-refractivity contribution in [3.8, 4) is 22.8 Å². The van der Waals surface area contributed by atoms with Gasteiger partial charge >= 0.3 is 0 Å². The third-order valence-electron chi connectivity index (χ3n) is 10.3. The number of piperazine rings is 1. The number of benzene rings is 2. The fourth-order valence-electron chi connectivity index (χ4n) is 7.73. The number of aromatic nitrogens is 3. The normalized spacial score (nSPS) is 22.2. The number of fused-ring (bicyclic) bond motifs is 1. The predicted molar refractivity (Wildman–Crippen MR) is 194 cm³/mol. The zero-order valence-corrected chi connectivity index (χ0v) is 29.5. The van der Waals surface area contributed by atoms with E-state index in [-0.39, 0.29) is 29.4 Å². The summed E-state index contributed by atoms with van der Waals surface area (Å²) in [6.07, 6.45) is 8.03. The molecule has 2 aromatic heterocycles. The molecule has 0 unspecified atom stereocenters. The third-order valence-corrected chi connectivity index (χ3v) is 10.3. The van der Waals surface area contributed by atoms with Crippen LogP contribution in [0.4, 0.5) is 4.39 Å². The highest BCUT2D eigenvalue weighted by molar-refractivity contribution is 5.96. The van der Waals surface area contributed by atoms with Crippen LogP contribution in [0.3, 0.4) is 0 Å². The quantitative estimate of drug-likeness (QED) is 0.189. The fourth-order valence-corrected chi connectivity index (χ4v) is 7.73. The monoisotopic (exact) mass is 693 g/mol. The molecule has 4 heterocycles. The predicted octanol–water partition coefficient (Wildman–Crippen LogP) is 5.91. The number of halogens is 1. The van der Waals surface area contributed by atoms with Gasteiger partial charge < -0.3 is 20.7 Å². The van der Waals surface area contributed by atoms with Crippen LogP contribution in [0.2, 0.25) is 0 Å². The summed E-state index contributed by atoms with van der Waals surface area (Å²) in [6.45, 7) is 8.51. The summed E-state index contributed by atoms with van der Waals surface area (Å²) in [5.41, 5.74) is 4.94. The van der Waals surface area contributed by atoms with Gasteiger partial charge in [-0.15, -0.1) is 0 Å². The number of aryl methyl sites for hydroxylation is 2. The number of ether oxygens (including phenoxy) is 1. The number of hydrogen-bond donors (Lipinski definition) is 3. The molecule has 2 amide bonds. The van der Waals surface area contributed by atoms with Gasteiger partial charge in [0.25, 0.3) is 11.8 Å². The van der Waals surface area contributed by atoms with Crippen molar-refractivity contribution in [2.45, 2.75) is 95.9 Å². The lowest BCUT2D eigenvalue weighted by Crippen LogP contribution is -2.54. The van der Waals surface area contributed by atoms with Crippen molar-refractivity contribution >= 4 is 11.8 Å². The van der Waals surface area contributed by atoms with Crippen molar-refractivity contribution in [1.82, 2.24) is 35.6 Å². The van der Waals surface area contributed by atoms with Gasteiger partial charge in [-0.2, -0.15) is 5.10 Å². The van der Waals surface area contributed by atoms with Gasteiger partial charge in [0.1, 0.15) is 22.8 Å². The molecular weight excluding hydrogens is 645 g/mol. The smallest absolute Gasteiger partial charge is 0.272 e. The first kappa shape index (κ1) is 34.8. The summed E-state index contributed by atoms with van der Waals surface area (Å²) in [5.74, 6) is -0.661. The van der Waals surface area contributed by atoms with Crippen LogP contribution >= 0.6 is 0 Å². The molecule has 11 heteroatoms. The Bertz CT molecular complexity index is 1800. The lowest BCUT2D eigenvalue weighted by molar-refractivity contribution is 0.0887. The number of rotatable bonds is 10. The highest BCUT2D eigenvalue weighted by Gasteiger charge is 2.27. The summed E-state index contributed by atoms with van der Waals surface area (Å²) in [6, 6.07) is 20.2. The topological polar surface area (TPSA) is 113 Å². The molecule has 0 radical (unpaired) electrons. The number of hydrogen-bond acceptors (Lipinski definition) is 7. The first-order chi connectivity index (χ1) is 24.8. The molecule has 51 heavy (non-hydrogen) atoms. The Kier molecular flexibility index (Phi) is 10.7. The van der Waals surface area contributed by atoms with Crippen molar-refractivity contribution in [2.24, 2.45) is 0 Å². The van der Waals surface area contributed by atoms with Crippen LogP contribution in [-0.2, 0) is 19.4 Å². The van der Waals surface area contributed by atoms with Gasteiger partial charge in [-0.1, -0.05) is 36.4 Å². The summed E-state index contributed by atoms with van der Waals surface area (Å²) >= 11 is 0. The molecule has 1 aliphatic carbocycles. The number of nitrogens with zero attached hydrogens (tertiary/aromatic N) is 4. The van der Waals surface area contributed by atoms with Crippen molar-refractivity contribution in [2.75, 3.05) is 19.6 Å². The summed E-state index contributed by atoms with van der Waals surface area (Å²) in [5, 5.41) is 14.2. The van der Waals surface area contributed by atoms with E-state index in [9.17, 15) is 14.0 Å². The Labute approximate surface area is 299 Å². The van der Waals surface area contributed by atoms with E-state index in [0.717, 1.165) is 93.8 Å². The standard InChI is InChI=1S/C40H48FN7O3/c1-26-24-47(25-27(2)43-26)19-17-28-9-11-29(12-10-28)30-6-5-8-35(20-30)51-40-36(21-31(41)23-42-40)38(49)44-32-13-15-33(16-14-32)45-39(50)37-22-34-7-3-4-18-48(34)46-37/h5-6,8-12,20-23,26-27,32-33,43H,3-4,7,13-19,24-25H2,1-2H3,(H,44,49)(H,45,50)/t26-,27+,32-,33-. The Morgan fingerprint density at radius 1 is 0.902 bits per heavy atom. The minimum Gasteiger partial charge on any atom is -0.438 e. The molecule has 268 valence electrons. The number of amides is 2. The van der Waals surface area contributed by atoms with Crippen molar-refractivity contribution in [1.29, 1.82) is 0 Å². The first-order valence-electron chi connectivity index (χ1n) is 18.5. The minimum absolute atomic E-state index is 0.00718. The molecule has 1 saturated carbocycles. The molecule has 7 rings (SSSR count). The minimum atomic E-state index is -0.616. The average molecular weight is 694 g/mol. The Morgan fingerprint density at radius 3 is 2.35 bits per heavy atom. The Hall–Kier alpha value is -4.61. The SMILES string of the molecule is C[C@@H]1CN(CCc2ccc(-c3cccc(Oc4ncc(F)cc4C(=O)N[C@H]4CC[C@H](NC(=O)c5cc6n(n5)CCCC6)CC4)c3)cc2)C[C@H](C)N1. The first-order valence-corrected chi connectivity index (χ1v) is 18.5. The van der Waals surface area contributed by atoms with Crippen molar-refractivity contribution < 1.29 is 18.7 Å². The van der Waals surface area contributed by atoms with E-state index in [1.807, 2.05) is 28.9 Å². The van der Waals surface area contributed by atoms with Crippen LogP contribution in [0, 0.1) is 5.82 Å². The highest BCUT2D eigenvalue weighted by Crippen LogP contribution is 2.29. The Balaban J connectivity index is 0.931. The maximum atomic E-state index is 14.4. The zero-order valence-electron chi connectivity index (χ0n) is 29.5. The van der Waals surface area contributed by atoms with E-state index in [1.54, 1.807) is 6.07 Å². The second kappa shape index (κ2) is 15.7. The molecule has 3 N–H and O–H groups in total. The van der Waals surface area contributed by atoms with Crippen LogP contribution in [0.5, 0.6) is 11.6 Å². The second-order valence-electron chi connectivity index (χ2n) is 14.5. The largest absolute Gasteiger partial charge is 0.438 e. The maximum absolute atomic E-state index is 14.4. The van der Waals surface area contributed by atoms with Gasteiger partial charge in [0, 0.05) is 56.0 Å². The molecule has 0 spiro atoms. The average Bonchev–Trinajstić information content (AvgIpc) is 3.57.